The van der Waals surface area contributed by atoms with Crippen LogP contribution in [0.5, 0.6) is 11.5 Å². The number of halogens is 1. The van der Waals surface area contributed by atoms with E-state index in [0.29, 0.717) is 41.0 Å². The third-order valence-corrected chi connectivity index (χ3v) is 4.98. The summed E-state index contributed by atoms with van der Waals surface area (Å²) in [5, 5.41) is 3.42. The van der Waals surface area contributed by atoms with Crippen LogP contribution in [0.1, 0.15) is 34.8 Å². The molecule has 0 saturated carbocycles. The Hall–Kier alpha value is -3.77. The number of nitrogens with one attached hydrogen (secondary N) is 1. The second kappa shape index (κ2) is 12.5. The molecule has 0 saturated heterocycles. The molecular weight excluding hydrogens is 454 g/mol. The zero-order valence-corrected chi connectivity index (χ0v) is 19.8. The van der Waals surface area contributed by atoms with Crippen LogP contribution in [-0.2, 0) is 16.1 Å². The lowest BCUT2D eigenvalue weighted by atomic mass is 10.1. The van der Waals surface area contributed by atoms with E-state index < -0.39 is 5.97 Å². The number of hydrogen-bond acceptors (Lipinski definition) is 5. The number of benzene rings is 3. The van der Waals surface area contributed by atoms with E-state index in [-0.39, 0.29) is 5.91 Å². The van der Waals surface area contributed by atoms with Gasteiger partial charge in [-0.1, -0.05) is 42.8 Å². The van der Waals surface area contributed by atoms with Gasteiger partial charge in [-0.3, -0.25) is 4.79 Å². The lowest BCUT2D eigenvalue weighted by Gasteiger charge is -2.11. The summed E-state index contributed by atoms with van der Waals surface area (Å²) in [7, 11) is 1.56. The summed E-state index contributed by atoms with van der Waals surface area (Å²) in [6, 6.07) is 19.4. The van der Waals surface area contributed by atoms with E-state index in [1.54, 1.807) is 49.6 Å². The lowest BCUT2D eigenvalue weighted by Crippen LogP contribution is -2.10. The van der Waals surface area contributed by atoms with Crippen molar-refractivity contribution in [3.8, 4) is 11.5 Å². The van der Waals surface area contributed by atoms with Crippen molar-refractivity contribution in [3.63, 3.8) is 0 Å². The van der Waals surface area contributed by atoms with Crippen molar-refractivity contribution in [2.24, 2.45) is 0 Å². The predicted molar refractivity (Wildman–Crippen MR) is 133 cm³/mol. The van der Waals surface area contributed by atoms with E-state index in [4.69, 9.17) is 25.8 Å². The van der Waals surface area contributed by atoms with E-state index in [2.05, 4.69) is 5.32 Å². The number of rotatable bonds is 10. The van der Waals surface area contributed by atoms with Crippen molar-refractivity contribution in [2.45, 2.75) is 20.0 Å². The zero-order valence-electron chi connectivity index (χ0n) is 19.0. The Morgan fingerprint density at radius 2 is 1.79 bits per heavy atom. The molecule has 0 unspecified atom stereocenters. The van der Waals surface area contributed by atoms with Crippen LogP contribution in [0, 0.1) is 0 Å². The van der Waals surface area contributed by atoms with Gasteiger partial charge >= 0.3 is 5.97 Å². The fraction of sp³-hybridized carbons (Fsp3) is 0.185. The van der Waals surface area contributed by atoms with Crippen molar-refractivity contribution >= 4 is 35.2 Å². The molecule has 0 bridgehead atoms. The van der Waals surface area contributed by atoms with Gasteiger partial charge in [-0.2, -0.15) is 0 Å². The van der Waals surface area contributed by atoms with Crippen LogP contribution < -0.4 is 14.8 Å². The first-order valence-corrected chi connectivity index (χ1v) is 11.2. The minimum atomic E-state index is -0.418. The van der Waals surface area contributed by atoms with Gasteiger partial charge in [-0.25, -0.2) is 4.79 Å². The molecule has 0 radical (unpaired) electrons. The second-order valence-electron chi connectivity index (χ2n) is 7.36. The van der Waals surface area contributed by atoms with Gasteiger partial charge in [0.05, 0.1) is 19.3 Å². The highest BCUT2D eigenvalue weighted by Crippen LogP contribution is 2.29. The van der Waals surface area contributed by atoms with Gasteiger partial charge in [0, 0.05) is 16.8 Å². The number of ether oxygens (including phenoxy) is 3. The standard InChI is InChI=1S/C27H26ClNO5/c1-3-15-33-27(31)21-5-4-6-23(17-21)29-26(30)14-10-19-9-13-24(25(16-19)32-2)34-18-20-7-11-22(28)12-8-20/h4-14,16-17H,3,15,18H2,1-2H3,(H,29,30). The van der Waals surface area contributed by atoms with Crippen LogP contribution in [0.25, 0.3) is 6.08 Å². The fourth-order valence-corrected chi connectivity index (χ4v) is 3.13. The molecule has 176 valence electrons. The third kappa shape index (κ3) is 7.39. The maximum absolute atomic E-state index is 12.4. The van der Waals surface area contributed by atoms with E-state index in [9.17, 15) is 9.59 Å². The molecule has 0 aliphatic rings. The summed E-state index contributed by atoms with van der Waals surface area (Å²) in [6.07, 6.45) is 3.82. The van der Waals surface area contributed by atoms with Crippen LogP contribution in [0.4, 0.5) is 5.69 Å². The maximum Gasteiger partial charge on any atom is 0.338 e. The van der Waals surface area contributed by atoms with Gasteiger partial charge in [0.2, 0.25) is 5.91 Å². The van der Waals surface area contributed by atoms with Crippen LogP contribution >= 0.6 is 11.6 Å². The SMILES string of the molecule is CCCOC(=O)c1cccc(NC(=O)C=Cc2ccc(OCc3ccc(Cl)cc3)c(OC)c2)c1. The third-order valence-electron chi connectivity index (χ3n) is 4.73. The number of carbonyl (C=O) groups is 2. The first-order valence-electron chi connectivity index (χ1n) is 10.8. The van der Waals surface area contributed by atoms with Gasteiger partial charge < -0.3 is 19.5 Å². The Labute approximate surface area is 204 Å². The van der Waals surface area contributed by atoms with Crippen LogP contribution in [0.2, 0.25) is 5.02 Å². The number of esters is 1. The molecule has 1 amide bonds. The zero-order chi connectivity index (χ0) is 24.3. The van der Waals surface area contributed by atoms with Gasteiger partial charge in [-0.15, -0.1) is 0 Å². The van der Waals surface area contributed by atoms with Crippen molar-refractivity contribution in [1.29, 1.82) is 0 Å². The van der Waals surface area contributed by atoms with Gasteiger partial charge in [-0.05, 0) is 66.1 Å². The quantitative estimate of drug-likeness (QED) is 0.279. The number of anilines is 1. The fourth-order valence-electron chi connectivity index (χ4n) is 3.01. The minimum Gasteiger partial charge on any atom is -0.493 e. The van der Waals surface area contributed by atoms with Gasteiger partial charge in [0.1, 0.15) is 6.61 Å². The molecule has 0 spiro atoms. The van der Waals surface area contributed by atoms with Gasteiger partial charge in [0.25, 0.3) is 0 Å². The normalized spacial score (nSPS) is 10.7. The smallest absolute Gasteiger partial charge is 0.338 e. The van der Waals surface area contributed by atoms with E-state index in [1.165, 1.54) is 6.08 Å². The molecule has 0 heterocycles. The number of carbonyl (C=O) groups excluding carboxylic acids is 2. The average molecular weight is 480 g/mol. The van der Waals surface area contributed by atoms with Crippen molar-refractivity contribution in [1.82, 2.24) is 0 Å². The largest absolute Gasteiger partial charge is 0.493 e. The molecule has 0 atom stereocenters. The molecule has 6 nitrogen and oxygen atoms in total. The highest BCUT2D eigenvalue weighted by atomic mass is 35.5. The Morgan fingerprint density at radius 3 is 2.53 bits per heavy atom. The summed E-state index contributed by atoms with van der Waals surface area (Å²) >= 11 is 5.91. The van der Waals surface area contributed by atoms with E-state index in [1.807, 2.05) is 37.3 Å². The predicted octanol–water partition coefficient (Wildman–Crippen LogP) is 6.15. The van der Waals surface area contributed by atoms with Crippen LogP contribution in [0.15, 0.2) is 72.8 Å². The average Bonchev–Trinajstić information content (AvgIpc) is 2.86. The van der Waals surface area contributed by atoms with Gasteiger partial charge in [0.15, 0.2) is 11.5 Å². The molecule has 3 aromatic carbocycles. The minimum absolute atomic E-state index is 0.332. The Balaban J connectivity index is 1.60. The lowest BCUT2D eigenvalue weighted by molar-refractivity contribution is -0.111. The Bertz CT molecular complexity index is 1160. The molecule has 3 rings (SSSR count). The van der Waals surface area contributed by atoms with E-state index in [0.717, 1.165) is 17.5 Å². The number of amides is 1. The first kappa shape index (κ1) is 24.9. The monoisotopic (exact) mass is 479 g/mol. The molecular formula is C27H26ClNO5. The van der Waals surface area contributed by atoms with Crippen molar-refractivity contribution in [2.75, 3.05) is 19.0 Å². The highest BCUT2D eigenvalue weighted by molar-refractivity contribution is 6.30. The molecule has 3 aromatic rings. The second-order valence-corrected chi connectivity index (χ2v) is 7.80. The number of hydrogen-bond donors (Lipinski definition) is 1. The van der Waals surface area contributed by atoms with Crippen LogP contribution in [-0.4, -0.2) is 25.6 Å². The molecule has 7 heteroatoms. The summed E-state index contributed by atoms with van der Waals surface area (Å²) in [4.78, 5) is 24.4. The molecule has 0 aliphatic carbocycles. The van der Waals surface area contributed by atoms with Crippen molar-refractivity contribution in [3.05, 3.63) is 94.5 Å². The topological polar surface area (TPSA) is 73.9 Å². The molecule has 0 fully saturated rings. The molecule has 34 heavy (non-hydrogen) atoms. The summed E-state index contributed by atoms with van der Waals surface area (Å²) in [5.41, 5.74) is 2.64. The molecule has 1 N–H and O–H groups in total. The number of methoxy groups -OCH3 is 1. The molecule has 0 aliphatic heterocycles. The summed E-state index contributed by atoms with van der Waals surface area (Å²) in [5.74, 6) is 0.390. The first-order chi connectivity index (χ1) is 16.5. The molecule has 0 aromatic heterocycles. The van der Waals surface area contributed by atoms with Crippen LogP contribution in [0.3, 0.4) is 0 Å². The summed E-state index contributed by atoms with van der Waals surface area (Å²) < 4.78 is 16.4. The Morgan fingerprint density at radius 1 is 1.00 bits per heavy atom. The van der Waals surface area contributed by atoms with E-state index >= 15 is 0 Å². The highest BCUT2D eigenvalue weighted by Gasteiger charge is 2.09. The Kier molecular flexibility index (Phi) is 9.12. The summed E-state index contributed by atoms with van der Waals surface area (Å²) in [6.45, 7) is 2.65. The maximum atomic E-state index is 12.4. The van der Waals surface area contributed by atoms with Crippen molar-refractivity contribution < 1.29 is 23.8 Å².